The van der Waals surface area contributed by atoms with Crippen LogP contribution in [0.2, 0.25) is 0 Å². The summed E-state index contributed by atoms with van der Waals surface area (Å²) in [6, 6.07) is 10.4. The van der Waals surface area contributed by atoms with Gasteiger partial charge in [-0.05, 0) is 35.9 Å². The molecule has 4 rings (SSSR count). The van der Waals surface area contributed by atoms with E-state index in [0.29, 0.717) is 23.3 Å². The van der Waals surface area contributed by atoms with E-state index in [1.807, 2.05) is 0 Å². The maximum Gasteiger partial charge on any atom is 0.253 e. The summed E-state index contributed by atoms with van der Waals surface area (Å²) in [4.78, 5) is 15.9. The zero-order chi connectivity index (χ0) is 22.9. The van der Waals surface area contributed by atoms with Crippen LogP contribution in [-0.4, -0.2) is 30.8 Å². The Morgan fingerprint density at radius 1 is 1.09 bits per heavy atom. The minimum atomic E-state index is -4.15. The number of aromatic nitrogens is 2. The zero-order valence-electron chi connectivity index (χ0n) is 16.7. The molecule has 2 heterocycles. The third-order valence-electron chi connectivity index (χ3n) is 4.83. The molecule has 0 saturated carbocycles. The molecule has 0 unspecified atom stereocenters. The van der Waals surface area contributed by atoms with Gasteiger partial charge in [0.25, 0.3) is 5.91 Å². The molecule has 2 aromatic heterocycles. The van der Waals surface area contributed by atoms with E-state index in [1.165, 1.54) is 31.4 Å². The molecule has 0 aliphatic carbocycles. The second-order valence-corrected chi connectivity index (χ2v) is 8.78. The Balaban J connectivity index is 1.50. The number of rotatable bonds is 6. The average Bonchev–Trinajstić information content (AvgIpc) is 3.27. The van der Waals surface area contributed by atoms with Gasteiger partial charge in [0.05, 0.1) is 17.6 Å². The highest BCUT2D eigenvalue weighted by molar-refractivity contribution is 7.91. The predicted octanol–water partition coefficient (Wildman–Crippen LogP) is 3.38. The third-order valence-corrected chi connectivity index (χ3v) is 6.62. The Hall–Kier alpha value is -3.79. The van der Waals surface area contributed by atoms with Crippen LogP contribution in [0, 0.1) is 11.6 Å². The highest BCUT2D eigenvalue weighted by Gasteiger charge is 2.24. The Morgan fingerprint density at radius 2 is 1.81 bits per heavy atom. The van der Waals surface area contributed by atoms with Gasteiger partial charge in [0, 0.05) is 31.2 Å². The number of carbonyl (C=O) groups is 1. The highest BCUT2D eigenvalue weighted by atomic mass is 32.2. The SMILES string of the molecule is COc1cc(F)c(F)cc1S(=O)(=O)c1ccc(CNC(=O)c2ccc3nccn3c2)cc1. The van der Waals surface area contributed by atoms with Gasteiger partial charge in [-0.15, -0.1) is 0 Å². The summed E-state index contributed by atoms with van der Waals surface area (Å²) in [5.74, 6) is -3.10. The fourth-order valence-electron chi connectivity index (χ4n) is 3.13. The van der Waals surface area contributed by atoms with Gasteiger partial charge in [-0.2, -0.15) is 0 Å². The van der Waals surface area contributed by atoms with Gasteiger partial charge < -0.3 is 14.5 Å². The van der Waals surface area contributed by atoms with Gasteiger partial charge >= 0.3 is 0 Å². The summed E-state index contributed by atoms with van der Waals surface area (Å²) in [5.41, 5.74) is 1.81. The summed E-state index contributed by atoms with van der Waals surface area (Å²) in [5, 5.41) is 2.76. The van der Waals surface area contributed by atoms with Crippen LogP contribution in [0.5, 0.6) is 5.75 Å². The number of nitrogens with one attached hydrogen (secondary N) is 1. The Morgan fingerprint density at radius 3 is 2.53 bits per heavy atom. The quantitative estimate of drug-likeness (QED) is 0.449. The predicted molar refractivity (Wildman–Crippen MR) is 111 cm³/mol. The maximum atomic E-state index is 13.6. The number of benzene rings is 2. The Labute approximate surface area is 182 Å². The van der Waals surface area contributed by atoms with Crippen molar-refractivity contribution in [3.8, 4) is 5.75 Å². The zero-order valence-corrected chi connectivity index (χ0v) is 17.6. The van der Waals surface area contributed by atoms with Crippen LogP contribution < -0.4 is 10.1 Å². The lowest BCUT2D eigenvalue weighted by molar-refractivity contribution is 0.0950. The van der Waals surface area contributed by atoms with Gasteiger partial charge in [-0.3, -0.25) is 4.79 Å². The molecule has 32 heavy (non-hydrogen) atoms. The van der Waals surface area contributed by atoms with Crippen molar-refractivity contribution < 1.29 is 26.7 Å². The molecule has 0 radical (unpaired) electrons. The van der Waals surface area contributed by atoms with Crippen LogP contribution in [0.15, 0.2) is 76.9 Å². The second-order valence-electron chi connectivity index (χ2n) is 6.86. The van der Waals surface area contributed by atoms with Crippen molar-refractivity contribution >= 4 is 21.4 Å². The lowest BCUT2D eigenvalue weighted by Gasteiger charge is -2.11. The average molecular weight is 457 g/mol. The molecule has 0 bridgehead atoms. The standard InChI is InChI=1S/C22H17F2N3O4S/c1-31-19-10-17(23)18(24)11-20(19)32(29,30)16-5-2-14(3-6-16)12-26-22(28)15-4-7-21-25-8-9-27(21)13-15/h2-11,13H,12H2,1H3,(H,26,28). The summed E-state index contributed by atoms with van der Waals surface area (Å²) in [7, 11) is -2.99. The minimum absolute atomic E-state index is 0.123. The normalized spacial score (nSPS) is 11.5. The maximum absolute atomic E-state index is 13.6. The fourth-order valence-corrected chi connectivity index (χ4v) is 4.55. The molecule has 0 aliphatic heterocycles. The second kappa shape index (κ2) is 8.39. The van der Waals surface area contributed by atoms with E-state index in [-0.39, 0.29) is 23.1 Å². The van der Waals surface area contributed by atoms with Crippen LogP contribution in [0.1, 0.15) is 15.9 Å². The molecule has 1 N–H and O–H groups in total. The van der Waals surface area contributed by atoms with E-state index >= 15 is 0 Å². The van der Waals surface area contributed by atoms with E-state index in [0.717, 1.165) is 5.65 Å². The molecule has 1 amide bonds. The first kappa shape index (κ1) is 21.4. The number of sulfone groups is 1. The Kier molecular flexibility index (Phi) is 5.62. The molecule has 0 atom stereocenters. The summed E-state index contributed by atoms with van der Waals surface area (Å²) >= 11 is 0. The van der Waals surface area contributed by atoms with Gasteiger partial charge in [0.15, 0.2) is 11.6 Å². The van der Waals surface area contributed by atoms with Crippen molar-refractivity contribution in [3.05, 3.63) is 89.9 Å². The van der Waals surface area contributed by atoms with E-state index < -0.39 is 26.4 Å². The summed E-state index contributed by atoms with van der Waals surface area (Å²) in [6.07, 6.45) is 5.01. The smallest absolute Gasteiger partial charge is 0.253 e. The topological polar surface area (TPSA) is 89.8 Å². The number of nitrogens with zero attached hydrogens (tertiary/aromatic N) is 2. The molecule has 0 aliphatic rings. The van der Waals surface area contributed by atoms with Crippen molar-refractivity contribution in [2.75, 3.05) is 7.11 Å². The van der Waals surface area contributed by atoms with Crippen LogP contribution in [0.25, 0.3) is 5.65 Å². The third kappa shape index (κ3) is 4.04. The van der Waals surface area contributed by atoms with Crippen molar-refractivity contribution in [1.29, 1.82) is 0 Å². The number of ether oxygens (including phenoxy) is 1. The molecule has 4 aromatic rings. The van der Waals surface area contributed by atoms with Gasteiger partial charge in [0.2, 0.25) is 9.84 Å². The monoisotopic (exact) mass is 457 g/mol. The number of amides is 1. The molecule has 164 valence electrons. The van der Waals surface area contributed by atoms with Crippen LogP contribution in [0.4, 0.5) is 8.78 Å². The van der Waals surface area contributed by atoms with Crippen molar-refractivity contribution in [3.63, 3.8) is 0 Å². The molecule has 0 spiro atoms. The number of pyridine rings is 1. The van der Waals surface area contributed by atoms with Crippen LogP contribution >= 0.6 is 0 Å². The largest absolute Gasteiger partial charge is 0.495 e. The van der Waals surface area contributed by atoms with Crippen molar-refractivity contribution in [2.24, 2.45) is 0 Å². The van der Waals surface area contributed by atoms with E-state index in [1.54, 1.807) is 35.1 Å². The summed E-state index contributed by atoms with van der Waals surface area (Å²) in [6.45, 7) is 0.162. The molecule has 7 nitrogen and oxygen atoms in total. The first-order valence-electron chi connectivity index (χ1n) is 9.37. The lowest BCUT2D eigenvalue weighted by atomic mass is 10.2. The van der Waals surface area contributed by atoms with Gasteiger partial charge in [-0.25, -0.2) is 22.2 Å². The van der Waals surface area contributed by atoms with E-state index in [2.05, 4.69) is 10.3 Å². The number of halogens is 2. The van der Waals surface area contributed by atoms with Gasteiger partial charge in [-0.1, -0.05) is 12.1 Å². The molecule has 0 saturated heterocycles. The first-order valence-corrected chi connectivity index (χ1v) is 10.9. The lowest BCUT2D eigenvalue weighted by Crippen LogP contribution is -2.23. The van der Waals surface area contributed by atoms with Crippen molar-refractivity contribution in [1.82, 2.24) is 14.7 Å². The first-order chi connectivity index (χ1) is 15.3. The number of imidazole rings is 1. The fraction of sp³-hybridized carbons (Fsp3) is 0.0909. The Bertz CT molecular complexity index is 1420. The molecular formula is C22H17F2N3O4S. The number of methoxy groups -OCH3 is 1. The summed E-state index contributed by atoms with van der Waals surface area (Å²) < 4.78 is 59.5. The van der Waals surface area contributed by atoms with Crippen molar-refractivity contribution in [2.45, 2.75) is 16.3 Å². The van der Waals surface area contributed by atoms with Crippen LogP contribution in [0.3, 0.4) is 0 Å². The number of fused-ring (bicyclic) bond motifs is 1. The van der Waals surface area contributed by atoms with Gasteiger partial charge in [0.1, 0.15) is 16.3 Å². The number of hydrogen-bond donors (Lipinski definition) is 1. The molecule has 10 heteroatoms. The molecule has 2 aromatic carbocycles. The molecular weight excluding hydrogens is 440 g/mol. The minimum Gasteiger partial charge on any atom is -0.495 e. The van der Waals surface area contributed by atoms with E-state index in [9.17, 15) is 22.0 Å². The highest BCUT2D eigenvalue weighted by Crippen LogP contribution is 2.31. The number of hydrogen-bond acceptors (Lipinski definition) is 5. The number of carbonyl (C=O) groups excluding carboxylic acids is 1. The van der Waals surface area contributed by atoms with E-state index in [4.69, 9.17) is 4.74 Å². The molecule has 0 fully saturated rings. The van der Waals surface area contributed by atoms with Crippen LogP contribution in [-0.2, 0) is 16.4 Å².